The molecule has 3 rings (SSSR count). The SMILES string of the molecule is OCC1CCCc2nnc(-c3ccc(Cl)cc3)n21. The van der Waals surface area contributed by atoms with Gasteiger partial charge in [-0.1, -0.05) is 11.6 Å². The largest absolute Gasteiger partial charge is 0.394 e. The molecule has 0 spiro atoms. The van der Waals surface area contributed by atoms with Gasteiger partial charge in [0.1, 0.15) is 5.82 Å². The van der Waals surface area contributed by atoms with Crippen LogP contribution in [-0.2, 0) is 6.42 Å². The van der Waals surface area contributed by atoms with Gasteiger partial charge < -0.3 is 9.67 Å². The lowest BCUT2D eigenvalue weighted by Crippen LogP contribution is -2.21. The minimum absolute atomic E-state index is 0.0921. The van der Waals surface area contributed by atoms with E-state index in [4.69, 9.17) is 11.6 Å². The van der Waals surface area contributed by atoms with Crippen molar-refractivity contribution >= 4 is 11.6 Å². The molecule has 1 aromatic heterocycles. The molecule has 94 valence electrons. The van der Waals surface area contributed by atoms with Gasteiger partial charge in [0.25, 0.3) is 0 Å². The highest BCUT2D eigenvalue weighted by Gasteiger charge is 2.24. The molecule has 4 nitrogen and oxygen atoms in total. The standard InChI is InChI=1S/C13H14ClN3O/c14-10-6-4-9(5-7-10)13-16-15-12-3-1-2-11(8-18)17(12)13/h4-7,11,18H,1-3,8H2. The number of benzene rings is 1. The van der Waals surface area contributed by atoms with Crippen molar-refractivity contribution in [2.45, 2.75) is 25.3 Å². The van der Waals surface area contributed by atoms with E-state index in [2.05, 4.69) is 14.8 Å². The zero-order valence-electron chi connectivity index (χ0n) is 9.88. The van der Waals surface area contributed by atoms with Gasteiger partial charge in [-0.3, -0.25) is 0 Å². The second kappa shape index (κ2) is 4.71. The first kappa shape index (κ1) is 11.7. The number of hydrogen-bond acceptors (Lipinski definition) is 3. The quantitative estimate of drug-likeness (QED) is 0.906. The average molecular weight is 264 g/mol. The third-order valence-electron chi connectivity index (χ3n) is 3.38. The zero-order valence-corrected chi connectivity index (χ0v) is 10.6. The topological polar surface area (TPSA) is 50.9 Å². The molecule has 1 aromatic carbocycles. The highest BCUT2D eigenvalue weighted by Crippen LogP contribution is 2.30. The summed E-state index contributed by atoms with van der Waals surface area (Å²) in [4.78, 5) is 0. The van der Waals surface area contributed by atoms with Crippen molar-refractivity contribution in [3.8, 4) is 11.4 Å². The van der Waals surface area contributed by atoms with E-state index < -0.39 is 0 Å². The van der Waals surface area contributed by atoms with Crippen molar-refractivity contribution in [1.29, 1.82) is 0 Å². The number of nitrogens with zero attached hydrogens (tertiary/aromatic N) is 3. The van der Waals surface area contributed by atoms with E-state index in [-0.39, 0.29) is 12.6 Å². The van der Waals surface area contributed by atoms with Crippen LogP contribution in [0.2, 0.25) is 5.02 Å². The monoisotopic (exact) mass is 263 g/mol. The Labute approximate surface area is 110 Å². The Bertz CT molecular complexity index is 550. The smallest absolute Gasteiger partial charge is 0.164 e. The molecule has 1 aliphatic rings. The summed E-state index contributed by atoms with van der Waals surface area (Å²) in [6.07, 6.45) is 2.96. The fourth-order valence-electron chi connectivity index (χ4n) is 2.47. The molecule has 0 saturated heterocycles. The first-order valence-electron chi connectivity index (χ1n) is 6.10. The lowest BCUT2D eigenvalue weighted by Gasteiger charge is -2.24. The van der Waals surface area contributed by atoms with E-state index in [1.165, 1.54) is 0 Å². The van der Waals surface area contributed by atoms with E-state index in [0.29, 0.717) is 5.02 Å². The summed E-state index contributed by atoms with van der Waals surface area (Å²) in [6.45, 7) is 0.131. The molecule has 1 atom stereocenters. The van der Waals surface area contributed by atoms with Crippen molar-refractivity contribution in [3.05, 3.63) is 35.1 Å². The van der Waals surface area contributed by atoms with E-state index in [1.807, 2.05) is 24.3 Å². The lowest BCUT2D eigenvalue weighted by atomic mass is 10.0. The van der Waals surface area contributed by atoms with Gasteiger partial charge in [0.05, 0.1) is 12.6 Å². The van der Waals surface area contributed by atoms with E-state index in [9.17, 15) is 5.11 Å². The number of aromatic nitrogens is 3. The van der Waals surface area contributed by atoms with Crippen molar-refractivity contribution in [1.82, 2.24) is 14.8 Å². The number of fused-ring (bicyclic) bond motifs is 1. The van der Waals surface area contributed by atoms with E-state index >= 15 is 0 Å². The maximum Gasteiger partial charge on any atom is 0.164 e. The second-order valence-corrected chi connectivity index (χ2v) is 4.98. The zero-order chi connectivity index (χ0) is 12.5. The van der Waals surface area contributed by atoms with Crippen molar-refractivity contribution < 1.29 is 5.11 Å². The maximum absolute atomic E-state index is 9.47. The number of halogens is 1. The van der Waals surface area contributed by atoms with Crippen LogP contribution in [0, 0.1) is 0 Å². The van der Waals surface area contributed by atoms with Crippen molar-refractivity contribution in [2.75, 3.05) is 6.61 Å². The molecule has 0 aliphatic carbocycles. The predicted molar refractivity (Wildman–Crippen MR) is 69.5 cm³/mol. The number of rotatable bonds is 2. The summed E-state index contributed by atoms with van der Waals surface area (Å²) in [6, 6.07) is 7.64. The summed E-state index contributed by atoms with van der Waals surface area (Å²) < 4.78 is 2.06. The van der Waals surface area contributed by atoms with Crippen LogP contribution in [0.5, 0.6) is 0 Å². The molecule has 0 radical (unpaired) electrons. The van der Waals surface area contributed by atoms with Gasteiger partial charge in [-0.25, -0.2) is 0 Å². The van der Waals surface area contributed by atoms with Crippen LogP contribution in [0.3, 0.4) is 0 Å². The van der Waals surface area contributed by atoms with Crippen LogP contribution in [0.25, 0.3) is 11.4 Å². The molecule has 1 N–H and O–H groups in total. The number of aliphatic hydroxyl groups excluding tert-OH is 1. The van der Waals surface area contributed by atoms with Crippen molar-refractivity contribution in [3.63, 3.8) is 0 Å². The Morgan fingerprint density at radius 1 is 1.28 bits per heavy atom. The Morgan fingerprint density at radius 2 is 2.06 bits per heavy atom. The van der Waals surface area contributed by atoms with Gasteiger partial charge in [0.15, 0.2) is 5.82 Å². The molecule has 0 saturated carbocycles. The van der Waals surface area contributed by atoms with E-state index in [1.54, 1.807) is 0 Å². The maximum atomic E-state index is 9.47. The van der Waals surface area contributed by atoms with Gasteiger partial charge in [0, 0.05) is 17.0 Å². The van der Waals surface area contributed by atoms with Crippen LogP contribution < -0.4 is 0 Å². The number of hydrogen-bond donors (Lipinski definition) is 1. The van der Waals surface area contributed by atoms with Gasteiger partial charge in [-0.15, -0.1) is 10.2 Å². The molecular formula is C13H14ClN3O. The number of aliphatic hydroxyl groups is 1. The van der Waals surface area contributed by atoms with Crippen LogP contribution in [-0.4, -0.2) is 26.5 Å². The summed E-state index contributed by atoms with van der Waals surface area (Å²) in [7, 11) is 0. The van der Waals surface area contributed by atoms with E-state index in [0.717, 1.165) is 36.5 Å². The molecule has 5 heteroatoms. The van der Waals surface area contributed by atoms with Gasteiger partial charge >= 0.3 is 0 Å². The van der Waals surface area contributed by atoms with Gasteiger partial charge in [-0.05, 0) is 37.1 Å². The molecule has 1 aliphatic heterocycles. The first-order chi connectivity index (χ1) is 8.79. The Balaban J connectivity index is 2.08. The fourth-order valence-corrected chi connectivity index (χ4v) is 2.60. The molecule has 0 amide bonds. The normalized spacial score (nSPS) is 18.7. The molecule has 0 bridgehead atoms. The highest BCUT2D eigenvalue weighted by molar-refractivity contribution is 6.30. The summed E-state index contributed by atoms with van der Waals surface area (Å²) in [5.74, 6) is 1.78. The van der Waals surface area contributed by atoms with Gasteiger partial charge in [0.2, 0.25) is 0 Å². The fraction of sp³-hybridized carbons (Fsp3) is 0.385. The van der Waals surface area contributed by atoms with Crippen LogP contribution in [0.15, 0.2) is 24.3 Å². The Morgan fingerprint density at radius 3 is 2.78 bits per heavy atom. The third-order valence-corrected chi connectivity index (χ3v) is 3.63. The third kappa shape index (κ3) is 1.91. The van der Waals surface area contributed by atoms with Crippen LogP contribution in [0.1, 0.15) is 24.7 Å². The molecule has 0 fully saturated rings. The molecule has 2 aromatic rings. The first-order valence-corrected chi connectivity index (χ1v) is 6.48. The molecule has 18 heavy (non-hydrogen) atoms. The Kier molecular flexibility index (Phi) is 3.06. The predicted octanol–water partition coefficient (Wildman–Crippen LogP) is 2.47. The van der Waals surface area contributed by atoms with Crippen LogP contribution >= 0.6 is 11.6 Å². The van der Waals surface area contributed by atoms with Crippen LogP contribution in [0.4, 0.5) is 0 Å². The summed E-state index contributed by atoms with van der Waals surface area (Å²) in [5.41, 5.74) is 0.985. The average Bonchev–Trinajstić information content (AvgIpc) is 2.83. The minimum Gasteiger partial charge on any atom is -0.394 e. The highest BCUT2D eigenvalue weighted by atomic mass is 35.5. The molecule has 2 heterocycles. The summed E-state index contributed by atoms with van der Waals surface area (Å²) in [5, 5.41) is 18.7. The van der Waals surface area contributed by atoms with Gasteiger partial charge in [-0.2, -0.15) is 0 Å². The number of aryl methyl sites for hydroxylation is 1. The molecular weight excluding hydrogens is 250 g/mol. The van der Waals surface area contributed by atoms with Crippen molar-refractivity contribution in [2.24, 2.45) is 0 Å². The Hall–Kier alpha value is -1.39. The second-order valence-electron chi connectivity index (χ2n) is 4.55. The molecule has 1 unspecified atom stereocenters. The summed E-state index contributed by atoms with van der Waals surface area (Å²) >= 11 is 5.89. The minimum atomic E-state index is 0.0921. The lowest BCUT2D eigenvalue weighted by molar-refractivity contribution is 0.207.